The van der Waals surface area contributed by atoms with Gasteiger partial charge in [-0.1, -0.05) is 0 Å². The van der Waals surface area contributed by atoms with E-state index in [1.54, 1.807) is 13.8 Å². The molecule has 0 aliphatic heterocycles. The lowest BCUT2D eigenvalue weighted by atomic mass is 10.2. The summed E-state index contributed by atoms with van der Waals surface area (Å²) in [7, 11) is 0. The lowest BCUT2D eigenvalue weighted by Crippen LogP contribution is -2.28. The van der Waals surface area contributed by atoms with Crippen molar-refractivity contribution in [3.05, 3.63) is 22.7 Å². The molecule has 17 heavy (non-hydrogen) atoms. The highest BCUT2D eigenvalue weighted by Crippen LogP contribution is 2.21. The van der Waals surface area contributed by atoms with Gasteiger partial charge >= 0.3 is 0 Å². The van der Waals surface area contributed by atoms with E-state index in [4.69, 9.17) is 4.74 Å². The fourth-order valence-corrected chi connectivity index (χ4v) is 1.79. The van der Waals surface area contributed by atoms with Gasteiger partial charge in [0.2, 0.25) is 5.65 Å². The Hall–Kier alpha value is -1.14. The Morgan fingerprint density at radius 1 is 1.41 bits per heavy atom. The molecule has 0 fully saturated rings. The van der Waals surface area contributed by atoms with E-state index in [2.05, 4.69) is 25.9 Å². The van der Waals surface area contributed by atoms with E-state index in [0.717, 1.165) is 5.69 Å². The summed E-state index contributed by atoms with van der Waals surface area (Å²) in [6.45, 7) is 5.43. The highest BCUT2D eigenvalue weighted by Gasteiger charge is 2.16. The van der Waals surface area contributed by atoms with Crippen LogP contribution in [0.5, 0.6) is 5.88 Å². The number of rotatable bonds is 3. The Kier molecular flexibility index (Phi) is 3.09. The van der Waals surface area contributed by atoms with Gasteiger partial charge in [0.15, 0.2) is 0 Å². The van der Waals surface area contributed by atoms with Crippen molar-refractivity contribution in [1.82, 2.24) is 14.4 Å². The number of halogens is 1. The molecule has 0 atom stereocenters. The molecule has 2 aromatic rings. The van der Waals surface area contributed by atoms with Crippen LogP contribution in [0.25, 0.3) is 5.65 Å². The van der Waals surface area contributed by atoms with Crippen LogP contribution < -0.4 is 4.74 Å². The van der Waals surface area contributed by atoms with Gasteiger partial charge in [0.05, 0.1) is 11.3 Å². The first-order chi connectivity index (χ1) is 7.85. The lowest BCUT2D eigenvalue weighted by molar-refractivity contribution is 0.0272. The molecule has 2 aromatic heterocycles. The first-order valence-corrected chi connectivity index (χ1v) is 6.01. The summed E-state index contributed by atoms with van der Waals surface area (Å²) >= 11 is 3.31. The van der Waals surface area contributed by atoms with E-state index in [-0.39, 0.29) is 6.61 Å². The van der Waals surface area contributed by atoms with Crippen molar-refractivity contribution >= 4 is 21.6 Å². The molecule has 0 aromatic carbocycles. The third-order valence-corrected chi connectivity index (χ3v) is 2.44. The summed E-state index contributed by atoms with van der Waals surface area (Å²) in [6, 6.07) is 0. The van der Waals surface area contributed by atoms with Crippen molar-refractivity contribution in [2.75, 3.05) is 6.61 Å². The van der Waals surface area contributed by atoms with Crippen molar-refractivity contribution in [1.29, 1.82) is 0 Å². The molecule has 0 unspecified atom stereocenters. The number of hydrogen-bond acceptors (Lipinski definition) is 4. The molecule has 2 rings (SSSR count). The molecule has 0 saturated heterocycles. The zero-order valence-electron chi connectivity index (χ0n) is 9.94. The summed E-state index contributed by atoms with van der Waals surface area (Å²) < 4.78 is 8.00. The molecule has 0 aliphatic carbocycles. The van der Waals surface area contributed by atoms with E-state index in [1.807, 2.05) is 23.7 Å². The number of imidazole rings is 1. The van der Waals surface area contributed by atoms with Crippen molar-refractivity contribution in [3.8, 4) is 5.88 Å². The fraction of sp³-hybridized carbons (Fsp3) is 0.455. The highest BCUT2D eigenvalue weighted by atomic mass is 79.9. The molecule has 0 amide bonds. The van der Waals surface area contributed by atoms with Crippen LogP contribution in [0.2, 0.25) is 0 Å². The zero-order chi connectivity index (χ0) is 12.6. The largest absolute Gasteiger partial charge is 0.472 e. The number of aromatic nitrogens is 3. The predicted molar refractivity (Wildman–Crippen MR) is 67.2 cm³/mol. The minimum absolute atomic E-state index is 0.165. The van der Waals surface area contributed by atoms with Gasteiger partial charge in [0, 0.05) is 12.4 Å². The topological polar surface area (TPSA) is 59.7 Å². The Balaban J connectivity index is 2.38. The van der Waals surface area contributed by atoms with Crippen LogP contribution in [-0.4, -0.2) is 31.7 Å². The van der Waals surface area contributed by atoms with E-state index in [0.29, 0.717) is 16.1 Å². The normalized spacial score (nSPS) is 12.1. The molecule has 2 heterocycles. The maximum absolute atomic E-state index is 9.63. The van der Waals surface area contributed by atoms with E-state index >= 15 is 0 Å². The van der Waals surface area contributed by atoms with Crippen LogP contribution in [0.15, 0.2) is 17.0 Å². The highest BCUT2D eigenvalue weighted by molar-refractivity contribution is 9.10. The Labute approximate surface area is 108 Å². The van der Waals surface area contributed by atoms with Gasteiger partial charge in [-0.05, 0) is 36.7 Å². The number of hydrogen-bond donors (Lipinski definition) is 1. The van der Waals surface area contributed by atoms with Crippen molar-refractivity contribution in [2.24, 2.45) is 0 Å². The molecular weight excluding hydrogens is 286 g/mol. The second-order valence-electron chi connectivity index (χ2n) is 4.58. The van der Waals surface area contributed by atoms with Crippen LogP contribution in [0, 0.1) is 6.92 Å². The minimum Gasteiger partial charge on any atom is -0.472 e. The Morgan fingerprint density at radius 2 is 2.12 bits per heavy atom. The van der Waals surface area contributed by atoms with Gasteiger partial charge in [0.25, 0.3) is 5.88 Å². The quantitative estimate of drug-likeness (QED) is 0.941. The van der Waals surface area contributed by atoms with Gasteiger partial charge in [-0.15, -0.1) is 0 Å². The summed E-state index contributed by atoms with van der Waals surface area (Å²) in [5.74, 6) is 0.412. The van der Waals surface area contributed by atoms with Crippen molar-refractivity contribution in [3.63, 3.8) is 0 Å². The maximum atomic E-state index is 9.63. The Morgan fingerprint density at radius 3 is 2.76 bits per heavy atom. The summed E-state index contributed by atoms with van der Waals surface area (Å²) in [6.07, 6.45) is 3.70. The molecule has 1 N–H and O–H groups in total. The van der Waals surface area contributed by atoms with Crippen LogP contribution in [-0.2, 0) is 0 Å². The Bertz CT molecular complexity index is 545. The number of aryl methyl sites for hydroxylation is 1. The smallest absolute Gasteiger partial charge is 0.259 e. The maximum Gasteiger partial charge on any atom is 0.259 e. The number of aliphatic hydroxyl groups is 1. The van der Waals surface area contributed by atoms with Gasteiger partial charge in [-0.3, -0.25) is 4.40 Å². The third-order valence-electron chi connectivity index (χ3n) is 2.06. The van der Waals surface area contributed by atoms with Crippen molar-refractivity contribution < 1.29 is 9.84 Å². The van der Waals surface area contributed by atoms with Crippen LogP contribution >= 0.6 is 15.9 Å². The monoisotopic (exact) mass is 299 g/mol. The minimum atomic E-state index is -0.900. The van der Waals surface area contributed by atoms with E-state index < -0.39 is 5.60 Å². The average molecular weight is 300 g/mol. The molecule has 92 valence electrons. The zero-order valence-corrected chi connectivity index (χ0v) is 11.5. The predicted octanol–water partition coefficient (Wildman–Crippen LogP) is 1.95. The molecule has 0 saturated carbocycles. The molecule has 0 spiro atoms. The van der Waals surface area contributed by atoms with E-state index in [9.17, 15) is 5.11 Å². The molecule has 0 radical (unpaired) electrons. The third kappa shape index (κ3) is 2.95. The van der Waals surface area contributed by atoms with Crippen LogP contribution in [0.1, 0.15) is 19.5 Å². The number of ether oxygens (including phenoxy) is 1. The molecule has 5 nitrogen and oxygen atoms in total. The fourth-order valence-electron chi connectivity index (χ4n) is 1.41. The van der Waals surface area contributed by atoms with Gasteiger partial charge in [0.1, 0.15) is 11.2 Å². The molecular formula is C11H14BrN3O2. The average Bonchev–Trinajstić information content (AvgIpc) is 2.53. The summed E-state index contributed by atoms with van der Waals surface area (Å²) in [4.78, 5) is 8.55. The number of nitrogens with zero attached hydrogens (tertiary/aromatic N) is 3. The molecule has 0 aliphatic rings. The molecule has 0 bridgehead atoms. The lowest BCUT2D eigenvalue weighted by Gasteiger charge is -2.17. The standard InChI is InChI=1S/C11H14BrN3O2/c1-7-4-15-5-8(12)14-10(9(15)13-7)17-6-11(2,3)16/h4-5,16H,6H2,1-3H3. The van der Waals surface area contributed by atoms with E-state index in [1.165, 1.54) is 0 Å². The van der Waals surface area contributed by atoms with Crippen molar-refractivity contribution in [2.45, 2.75) is 26.4 Å². The SMILES string of the molecule is Cc1cn2cc(Br)nc(OCC(C)(C)O)c2n1. The second-order valence-corrected chi connectivity index (χ2v) is 5.40. The number of fused-ring (bicyclic) bond motifs is 1. The first kappa shape index (κ1) is 12.3. The second kappa shape index (κ2) is 4.27. The van der Waals surface area contributed by atoms with Gasteiger partial charge in [-0.2, -0.15) is 0 Å². The van der Waals surface area contributed by atoms with Crippen LogP contribution in [0.3, 0.4) is 0 Å². The van der Waals surface area contributed by atoms with Gasteiger partial charge < -0.3 is 9.84 Å². The molecule has 6 heteroatoms. The van der Waals surface area contributed by atoms with Crippen LogP contribution in [0.4, 0.5) is 0 Å². The van der Waals surface area contributed by atoms with Gasteiger partial charge in [-0.25, -0.2) is 9.97 Å². The summed E-state index contributed by atoms with van der Waals surface area (Å²) in [5, 5.41) is 9.63. The summed E-state index contributed by atoms with van der Waals surface area (Å²) in [5.41, 5.74) is 0.635. The first-order valence-electron chi connectivity index (χ1n) is 5.22.